The molecular formula is C29H22FN3O4S2. The summed E-state index contributed by atoms with van der Waals surface area (Å²) in [7, 11) is 0. The van der Waals surface area contributed by atoms with Crippen molar-refractivity contribution in [3.05, 3.63) is 107 Å². The topological polar surface area (TPSA) is 84.7 Å². The van der Waals surface area contributed by atoms with E-state index in [1.807, 2.05) is 48.7 Å². The third-order valence-corrected chi connectivity index (χ3v) is 7.33. The van der Waals surface area contributed by atoms with Crippen LogP contribution in [0.15, 0.2) is 90.0 Å². The first kappa shape index (κ1) is 26.3. The molecule has 0 atom stereocenters. The molecule has 39 heavy (non-hydrogen) atoms. The number of thiocarbonyl (C=S) groups is 1. The van der Waals surface area contributed by atoms with Crippen LogP contribution >= 0.6 is 24.0 Å². The first-order valence-corrected chi connectivity index (χ1v) is 13.2. The maximum Gasteiger partial charge on any atom is 0.305 e. The summed E-state index contributed by atoms with van der Waals surface area (Å²) < 4.78 is 21.7. The number of hydrogen-bond acceptors (Lipinski definition) is 6. The molecule has 3 aromatic carbocycles. The van der Waals surface area contributed by atoms with E-state index < -0.39 is 5.97 Å². The number of aliphatic carboxylic acids is 1. The van der Waals surface area contributed by atoms with Crippen LogP contribution in [0.4, 0.5) is 4.39 Å². The van der Waals surface area contributed by atoms with E-state index in [1.165, 1.54) is 11.0 Å². The molecule has 7 nitrogen and oxygen atoms in total. The van der Waals surface area contributed by atoms with Crippen LogP contribution in [0.1, 0.15) is 17.5 Å². The molecule has 0 saturated carbocycles. The van der Waals surface area contributed by atoms with Gasteiger partial charge in [-0.15, -0.1) is 0 Å². The average Bonchev–Trinajstić information content (AvgIpc) is 3.48. The number of amides is 1. The fourth-order valence-corrected chi connectivity index (χ4v) is 5.26. The molecule has 196 valence electrons. The zero-order chi connectivity index (χ0) is 27.4. The fourth-order valence-electron chi connectivity index (χ4n) is 3.96. The Labute approximate surface area is 233 Å². The molecular weight excluding hydrogens is 537 g/mol. The highest BCUT2D eigenvalue weighted by atomic mass is 32.2. The van der Waals surface area contributed by atoms with E-state index >= 15 is 0 Å². The lowest BCUT2D eigenvalue weighted by Crippen LogP contribution is -2.30. The number of nitrogens with zero attached hydrogens (tertiary/aromatic N) is 3. The molecule has 0 bridgehead atoms. The van der Waals surface area contributed by atoms with Gasteiger partial charge in [0.1, 0.15) is 22.5 Å². The summed E-state index contributed by atoms with van der Waals surface area (Å²) in [6.45, 7) is 0.117. The molecule has 0 unspecified atom stereocenters. The number of carboxylic acid groups (broad SMARTS) is 1. The van der Waals surface area contributed by atoms with Crippen LogP contribution in [0.3, 0.4) is 0 Å². The van der Waals surface area contributed by atoms with Crippen LogP contribution in [0, 0.1) is 5.82 Å². The van der Waals surface area contributed by atoms with Gasteiger partial charge in [0.25, 0.3) is 5.91 Å². The van der Waals surface area contributed by atoms with Crippen LogP contribution in [-0.2, 0) is 16.2 Å². The van der Waals surface area contributed by atoms with Crippen LogP contribution in [0.2, 0.25) is 0 Å². The average molecular weight is 560 g/mol. The number of hydrogen-bond donors (Lipinski definition) is 1. The number of thioether (sulfide) groups is 1. The zero-order valence-electron chi connectivity index (χ0n) is 20.5. The van der Waals surface area contributed by atoms with Crippen molar-refractivity contribution in [1.82, 2.24) is 14.7 Å². The summed E-state index contributed by atoms with van der Waals surface area (Å²) in [6, 6.07) is 23.3. The predicted octanol–water partition coefficient (Wildman–Crippen LogP) is 5.93. The van der Waals surface area contributed by atoms with Crippen molar-refractivity contribution in [3.8, 4) is 22.7 Å². The van der Waals surface area contributed by atoms with Gasteiger partial charge >= 0.3 is 5.97 Å². The second-order valence-corrected chi connectivity index (χ2v) is 10.3. The number of carbonyl (C=O) groups excluding carboxylic acids is 1. The van der Waals surface area contributed by atoms with E-state index in [0.717, 1.165) is 23.0 Å². The highest BCUT2D eigenvalue weighted by molar-refractivity contribution is 8.26. The number of ether oxygens (including phenoxy) is 1. The minimum absolute atomic E-state index is 0.0157. The molecule has 1 aromatic heterocycles. The van der Waals surface area contributed by atoms with Gasteiger partial charge in [-0.3, -0.25) is 14.5 Å². The van der Waals surface area contributed by atoms with Gasteiger partial charge in [-0.1, -0.05) is 60.4 Å². The molecule has 10 heteroatoms. The van der Waals surface area contributed by atoms with E-state index in [4.69, 9.17) is 27.2 Å². The van der Waals surface area contributed by atoms with Crippen LogP contribution in [0.5, 0.6) is 5.75 Å². The second-order valence-electron chi connectivity index (χ2n) is 8.59. The highest BCUT2D eigenvalue weighted by Gasteiger charge is 2.32. The van der Waals surface area contributed by atoms with Crippen molar-refractivity contribution in [2.75, 3.05) is 6.54 Å². The quantitative estimate of drug-likeness (QED) is 0.201. The van der Waals surface area contributed by atoms with Gasteiger partial charge in [-0.05, 0) is 48.5 Å². The molecule has 1 amide bonds. The van der Waals surface area contributed by atoms with Crippen LogP contribution in [-0.4, -0.2) is 42.5 Å². The Balaban J connectivity index is 1.44. The Morgan fingerprint density at radius 1 is 1.05 bits per heavy atom. The van der Waals surface area contributed by atoms with E-state index in [0.29, 0.717) is 31.8 Å². The minimum atomic E-state index is -0.999. The number of halogens is 1. The molecule has 1 N–H and O–H groups in total. The van der Waals surface area contributed by atoms with Gasteiger partial charge in [0.05, 0.1) is 22.7 Å². The lowest BCUT2D eigenvalue weighted by Gasteiger charge is -2.12. The molecule has 0 aliphatic carbocycles. The molecule has 0 spiro atoms. The van der Waals surface area contributed by atoms with E-state index in [9.17, 15) is 14.0 Å². The summed E-state index contributed by atoms with van der Waals surface area (Å²) in [5.74, 6) is -1.08. The second kappa shape index (κ2) is 11.6. The van der Waals surface area contributed by atoms with Gasteiger partial charge in [0, 0.05) is 29.4 Å². The normalized spacial score (nSPS) is 14.3. The SMILES string of the molecule is O=C(O)CCN1C(=O)/C(=C/c2cn(-c3ccccc3)nc2-c2ccc(OCc3ccccc3F)cc2)SC1=S. The van der Waals surface area contributed by atoms with Gasteiger partial charge in [0.2, 0.25) is 0 Å². The van der Waals surface area contributed by atoms with E-state index in [2.05, 4.69) is 0 Å². The standard InChI is InChI=1S/C29H22FN3O4S2/c30-24-9-5-4-6-20(24)18-37-23-12-10-19(11-13-23)27-21(17-33(31-27)22-7-2-1-3-8-22)16-25-28(36)32(29(38)39-25)15-14-26(34)35/h1-13,16-17H,14-15,18H2,(H,34,35)/b25-16-. The maximum atomic E-state index is 13.9. The predicted molar refractivity (Wildman–Crippen MR) is 152 cm³/mol. The number of carboxylic acids is 1. The summed E-state index contributed by atoms with van der Waals surface area (Å²) in [4.78, 5) is 25.7. The van der Waals surface area contributed by atoms with Gasteiger partial charge in [-0.25, -0.2) is 9.07 Å². The lowest BCUT2D eigenvalue weighted by molar-refractivity contribution is -0.137. The summed E-state index contributed by atoms with van der Waals surface area (Å²) in [5.41, 5.74) is 3.42. The number of benzene rings is 3. The fraction of sp³-hybridized carbons (Fsp3) is 0.103. The molecule has 5 rings (SSSR count). The summed E-state index contributed by atoms with van der Waals surface area (Å²) >= 11 is 6.46. The lowest BCUT2D eigenvalue weighted by atomic mass is 10.1. The maximum absolute atomic E-state index is 13.9. The van der Waals surface area contributed by atoms with Crippen LogP contribution < -0.4 is 4.74 Å². The van der Waals surface area contributed by atoms with Gasteiger partial charge < -0.3 is 9.84 Å². The van der Waals surface area contributed by atoms with E-state index in [-0.39, 0.29) is 31.3 Å². The molecule has 2 heterocycles. The van der Waals surface area contributed by atoms with Crippen molar-refractivity contribution < 1.29 is 23.8 Å². The number of para-hydroxylation sites is 1. The van der Waals surface area contributed by atoms with Crippen molar-refractivity contribution in [3.63, 3.8) is 0 Å². The molecule has 1 fully saturated rings. The third-order valence-electron chi connectivity index (χ3n) is 5.95. The Bertz CT molecular complexity index is 1570. The van der Waals surface area contributed by atoms with Crippen molar-refractivity contribution in [2.24, 2.45) is 0 Å². The molecule has 1 aliphatic rings. The smallest absolute Gasteiger partial charge is 0.305 e. The third kappa shape index (κ3) is 6.08. The van der Waals surface area contributed by atoms with Crippen LogP contribution in [0.25, 0.3) is 23.0 Å². The zero-order valence-corrected chi connectivity index (χ0v) is 22.1. The number of rotatable bonds is 9. The molecule has 4 aromatic rings. The van der Waals surface area contributed by atoms with E-state index in [1.54, 1.807) is 41.1 Å². The Morgan fingerprint density at radius 3 is 2.49 bits per heavy atom. The van der Waals surface area contributed by atoms with Crippen molar-refractivity contribution >= 4 is 46.3 Å². The molecule has 1 aliphatic heterocycles. The van der Waals surface area contributed by atoms with Crippen molar-refractivity contribution in [1.29, 1.82) is 0 Å². The molecule has 1 saturated heterocycles. The van der Waals surface area contributed by atoms with Crippen molar-refractivity contribution in [2.45, 2.75) is 13.0 Å². The monoisotopic (exact) mass is 559 g/mol. The minimum Gasteiger partial charge on any atom is -0.489 e. The first-order valence-electron chi connectivity index (χ1n) is 12.0. The number of aromatic nitrogens is 2. The van der Waals surface area contributed by atoms with Gasteiger partial charge in [-0.2, -0.15) is 5.10 Å². The first-order chi connectivity index (χ1) is 18.9. The Morgan fingerprint density at radius 2 is 1.77 bits per heavy atom. The molecule has 0 radical (unpaired) electrons. The summed E-state index contributed by atoms with van der Waals surface area (Å²) in [6.07, 6.45) is 3.36. The highest BCUT2D eigenvalue weighted by Crippen LogP contribution is 2.35. The summed E-state index contributed by atoms with van der Waals surface area (Å²) in [5, 5.41) is 13.8. The van der Waals surface area contributed by atoms with Gasteiger partial charge in [0.15, 0.2) is 0 Å². The largest absolute Gasteiger partial charge is 0.489 e. The number of carbonyl (C=O) groups is 2. The Kier molecular flexibility index (Phi) is 7.85. The Hall–Kier alpha value is -4.28.